The second-order valence-corrected chi connectivity index (χ2v) is 18.4. The zero-order valence-corrected chi connectivity index (χ0v) is 28.8. The maximum absolute atomic E-state index is 13.7. The summed E-state index contributed by atoms with van der Waals surface area (Å²) < 4.78 is 58.2. The van der Waals surface area contributed by atoms with Crippen molar-refractivity contribution in [3.63, 3.8) is 0 Å². The van der Waals surface area contributed by atoms with Gasteiger partial charge in [0.05, 0.1) is 17.1 Å². The molecule has 2 atom stereocenters. The maximum atomic E-state index is 13.7. The third-order valence-electron chi connectivity index (χ3n) is 10.0. The summed E-state index contributed by atoms with van der Waals surface area (Å²) in [6.45, 7) is 6.73. The van der Waals surface area contributed by atoms with E-state index in [0.29, 0.717) is 76.3 Å². The number of aliphatic hydroxyl groups excluding tert-OH is 1. The Kier molecular flexibility index (Phi) is 15.2. The summed E-state index contributed by atoms with van der Waals surface area (Å²) >= 11 is 0. The molecule has 43 heavy (non-hydrogen) atoms. The number of rotatable bonds is 17. The molecule has 0 unspecified atom stereocenters. The summed E-state index contributed by atoms with van der Waals surface area (Å²) in [5.41, 5.74) is 0. The summed E-state index contributed by atoms with van der Waals surface area (Å²) in [4.78, 5) is 13.3. The van der Waals surface area contributed by atoms with Gasteiger partial charge in [-0.25, -0.2) is 21.6 Å². The van der Waals surface area contributed by atoms with Crippen LogP contribution in [0.4, 0.5) is 0 Å². The fraction of sp³-hybridized carbons (Fsp3) is 0.969. The van der Waals surface area contributed by atoms with Gasteiger partial charge in [-0.3, -0.25) is 4.79 Å². The van der Waals surface area contributed by atoms with Crippen LogP contribution in [0.5, 0.6) is 0 Å². The number of carbonyl (C=O) groups excluding carboxylic acids is 1. The van der Waals surface area contributed by atoms with Crippen molar-refractivity contribution in [1.29, 1.82) is 0 Å². The molecule has 252 valence electrons. The van der Waals surface area contributed by atoms with Crippen LogP contribution in [0, 0.1) is 17.8 Å². The zero-order valence-electron chi connectivity index (χ0n) is 27.1. The van der Waals surface area contributed by atoms with Crippen LogP contribution in [0.1, 0.15) is 136 Å². The van der Waals surface area contributed by atoms with Crippen LogP contribution < -0.4 is 10.0 Å². The van der Waals surface area contributed by atoms with Crippen LogP contribution >= 0.6 is 0 Å². The van der Waals surface area contributed by atoms with E-state index in [4.69, 9.17) is 0 Å². The molecular formula is C32H61N3O6S2. The molecular weight excluding hydrogens is 587 g/mol. The molecule has 3 aliphatic carbocycles. The highest BCUT2D eigenvalue weighted by Gasteiger charge is 2.38. The average Bonchev–Trinajstić information content (AvgIpc) is 2.98. The standard InChI is InChI=1S/C32H61N3O6S2/c1-25(2)23-35(43(40,41)30-19-17-26(3)18-20-30)28(24-36)14-10-11-21-33-32(37)31(22-27-12-6-4-7-13-27)34-42(38,39)29-15-8-5-9-16-29/h25-31,34,36H,4-24H2,1-3H3,(H,33,37)/t26?,28-,30?,31-/m0/s1. The van der Waals surface area contributed by atoms with Crippen molar-refractivity contribution in [2.45, 2.75) is 159 Å². The molecule has 0 bridgehead atoms. The van der Waals surface area contributed by atoms with Crippen molar-refractivity contribution in [3.05, 3.63) is 0 Å². The van der Waals surface area contributed by atoms with E-state index in [1.54, 1.807) is 4.31 Å². The van der Waals surface area contributed by atoms with Crippen molar-refractivity contribution in [2.75, 3.05) is 19.7 Å². The van der Waals surface area contributed by atoms with Crippen LogP contribution in [0.25, 0.3) is 0 Å². The molecule has 0 aromatic heterocycles. The number of amides is 1. The Morgan fingerprint density at radius 1 is 0.837 bits per heavy atom. The Hall–Kier alpha value is -0.750. The predicted octanol–water partition coefficient (Wildman–Crippen LogP) is 5.09. The van der Waals surface area contributed by atoms with E-state index < -0.39 is 37.4 Å². The van der Waals surface area contributed by atoms with Crippen LogP contribution in [-0.4, -0.2) is 74.4 Å². The summed E-state index contributed by atoms with van der Waals surface area (Å²) in [5.74, 6) is 0.784. The minimum atomic E-state index is -3.58. The van der Waals surface area contributed by atoms with Gasteiger partial charge in [-0.05, 0) is 75.5 Å². The molecule has 3 fully saturated rings. The topological polar surface area (TPSA) is 133 Å². The van der Waals surface area contributed by atoms with Crippen molar-refractivity contribution >= 4 is 26.0 Å². The minimum Gasteiger partial charge on any atom is -0.395 e. The summed E-state index contributed by atoms with van der Waals surface area (Å²) in [6, 6.07) is -1.24. The molecule has 3 rings (SSSR count). The highest BCUT2D eigenvalue weighted by molar-refractivity contribution is 7.90. The number of nitrogens with one attached hydrogen (secondary N) is 2. The fourth-order valence-corrected chi connectivity index (χ4v) is 11.4. The largest absolute Gasteiger partial charge is 0.395 e. The van der Waals surface area contributed by atoms with E-state index in [-0.39, 0.29) is 23.7 Å². The highest BCUT2D eigenvalue weighted by atomic mass is 32.2. The smallest absolute Gasteiger partial charge is 0.238 e. The van der Waals surface area contributed by atoms with Crippen molar-refractivity contribution in [1.82, 2.24) is 14.3 Å². The lowest BCUT2D eigenvalue weighted by atomic mass is 9.85. The van der Waals surface area contributed by atoms with Crippen LogP contribution in [0.15, 0.2) is 0 Å². The lowest BCUT2D eigenvalue weighted by molar-refractivity contribution is -0.123. The van der Waals surface area contributed by atoms with Gasteiger partial charge in [-0.1, -0.05) is 78.6 Å². The van der Waals surface area contributed by atoms with Gasteiger partial charge in [-0.2, -0.15) is 4.31 Å². The number of hydrogen-bond acceptors (Lipinski definition) is 6. The van der Waals surface area contributed by atoms with Gasteiger partial charge in [0.25, 0.3) is 0 Å². The number of sulfonamides is 2. The first-order valence-corrected chi connectivity index (χ1v) is 20.4. The Labute approximate surface area is 262 Å². The molecule has 0 aromatic rings. The first-order chi connectivity index (χ1) is 20.4. The predicted molar refractivity (Wildman–Crippen MR) is 174 cm³/mol. The first-order valence-electron chi connectivity index (χ1n) is 17.3. The molecule has 0 saturated heterocycles. The highest BCUT2D eigenvalue weighted by Crippen LogP contribution is 2.32. The minimum absolute atomic E-state index is 0.143. The molecule has 0 spiro atoms. The van der Waals surface area contributed by atoms with E-state index in [9.17, 15) is 26.7 Å². The van der Waals surface area contributed by atoms with E-state index >= 15 is 0 Å². The zero-order chi connectivity index (χ0) is 31.5. The fourth-order valence-electron chi connectivity index (χ4n) is 7.34. The van der Waals surface area contributed by atoms with Crippen LogP contribution in [0.3, 0.4) is 0 Å². The number of nitrogens with zero attached hydrogens (tertiary/aromatic N) is 1. The van der Waals surface area contributed by atoms with Gasteiger partial charge in [0, 0.05) is 19.1 Å². The number of carbonyl (C=O) groups is 1. The van der Waals surface area contributed by atoms with Crippen molar-refractivity contribution in [3.8, 4) is 0 Å². The molecule has 3 N–H and O–H groups in total. The molecule has 11 heteroatoms. The molecule has 0 aliphatic heterocycles. The Morgan fingerprint density at radius 3 is 2.02 bits per heavy atom. The Balaban J connectivity index is 1.55. The summed E-state index contributed by atoms with van der Waals surface area (Å²) in [6.07, 6.45) is 15.2. The van der Waals surface area contributed by atoms with Crippen LogP contribution in [-0.2, 0) is 24.8 Å². The third kappa shape index (κ3) is 11.5. The number of unbranched alkanes of at least 4 members (excludes halogenated alkanes) is 1. The Morgan fingerprint density at radius 2 is 1.44 bits per heavy atom. The number of hydrogen-bond donors (Lipinski definition) is 3. The normalized spacial score (nSPS) is 24.7. The molecule has 0 heterocycles. The van der Waals surface area contributed by atoms with Crippen molar-refractivity contribution < 1.29 is 26.7 Å². The molecule has 0 aromatic carbocycles. The third-order valence-corrected chi connectivity index (χ3v) is 14.4. The maximum Gasteiger partial charge on any atom is 0.238 e. The SMILES string of the molecule is CC(C)CN([C@H](CO)CCCCNC(=O)[C@H](CC1CCCCC1)NS(=O)(=O)C1CCCCC1)S(=O)(=O)C1CCC(C)CC1. The van der Waals surface area contributed by atoms with Gasteiger partial charge in [0.1, 0.15) is 6.04 Å². The Bertz CT molecular complexity index is 1030. The van der Waals surface area contributed by atoms with Gasteiger partial charge in [-0.15, -0.1) is 0 Å². The molecule has 3 saturated carbocycles. The first kappa shape index (κ1) is 36.7. The molecule has 1 amide bonds. The van der Waals surface area contributed by atoms with Gasteiger partial charge < -0.3 is 10.4 Å². The average molecular weight is 648 g/mol. The molecule has 9 nitrogen and oxygen atoms in total. The van der Waals surface area contributed by atoms with Gasteiger partial charge in [0.2, 0.25) is 26.0 Å². The quantitative estimate of drug-likeness (QED) is 0.188. The lowest BCUT2D eigenvalue weighted by Gasteiger charge is -2.36. The van der Waals surface area contributed by atoms with Gasteiger partial charge >= 0.3 is 0 Å². The molecule has 0 radical (unpaired) electrons. The summed E-state index contributed by atoms with van der Waals surface area (Å²) in [5, 5.41) is 12.4. The monoisotopic (exact) mass is 647 g/mol. The van der Waals surface area contributed by atoms with E-state index in [2.05, 4.69) is 17.0 Å². The van der Waals surface area contributed by atoms with Gasteiger partial charge in [0.15, 0.2) is 0 Å². The second-order valence-electron chi connectivity index (χ2n) is 14.2. The molecule has 3 aliphatic rings. The second kappa shape index (κ2) is 17.8. The van der Waals surface area contributed by atoms with E-state index in [0.717, 1.165) is 57.8 Å². The van der Waals surface area contributed by atoms with Crippen molar-refractivity contribution in [2.24, 2.45) is 17.8 Å². The summed E-state index contributed by atoms with van der Waals surface area (Å²) in [7, 11) is -7.10. The lowest BCUT2D eigenvalue weighted by Crippen LogP contribution is -2.50. The van der Waals surface area contributed by atoms with E-state index in [1.807, 2.05) is 13.8 Å². The number of aliphatic hydroxyl groups is 1. The van der Waals surface area contributed by atoms with Crippen LogP contribution in [0.2, 0.25) is 0 Å². The van der Waals surface area contributed by atoms with E-state index in [1.165, 1.54) is 6.42 Å².